The van der Waals surface area contributed by atoms with Crippen LogP contribution in [0.2, 0.25) is 0 Å². The molecule has 1 aromatic rings. The first kappa shape index (κ1) is 21.8. The molecule has 2 atom stereocenters. The Morgan fingerprint density at radius 2 is 1.89 bits per heavy atom. The normalized spacial score (nSPS) is 26.9. The second kappa shape index (κ2) is 9.65. The minimum atomic E-state index is -0.0314. The number of carbonyl (C=O) groups excluding carboxylic acids is 1. The second-order valence-corrected chi connectivity index (χ2v) is 8.25. The lowest BCUT2D eigenvalue weighted by Gasteiger charge is -2.45. The van der Waals surface area contributed by atoms with Gasteiger partial charge in [-0.05, 0) is 61.6 Å². The summed E-state index contributed by atoms with van der Waals surface area (Å²) in [5, 5.41) is 3.29. The van der Waals surface area contributed by atoms with Crippen molar-refractivity contribution in [2.75, 3.05) is 13.7 Å². The van der Waals surface area contributed by atoms with Crippen molar-refractivity contribution in [3.8, 4) is 11.5 Å². The van der Waals surface area contributed by atoms with Gasteiger partial charge in [0.2, 0.25) is 0 Å². The number of benzene rings is 1. The summed E-state index contributed by atoms with van der Waals surface area (Å²) in [4.78, 5) is 12.8. The minimum absolute atomic E-state index is 0. The van der Waals surface area contributed by atoms with Crippen LogP contribution in [-0.4, -0.2) is 31.7 Å². The molecule has 5 nitrogen and oxygen atoms in total. The van der Waals surface area contributed by atoms with Crippen LogP contribution < -0.4 is 20.5 Å². The number of nitrogens with one attached hydrogen (secondary N) is 1. The average Bonchev–Trinajstić information content (AvgIpc) is 2.60. The van der Waals surface area contributed by atoms with Gasteiger partial charge < -0.3 is 20.5 Å². The van der Waals surface area contributed by atoms with E-state index in [1.54, 1.807) is 13.2 Å². The molecule has 2 fully saturated rings. The van der Waals surface area contributed by atoms with Crippen LogP contribution in [-0.2, 0) is 0 Å². The first-order chi connectivity index (χ1) is 12.5. The molecule has 2 aliphatic rings. The number of rotatable bonds is 6. The molecule has 152 valence electrons. The number of carbonyl (C=O) groups is 1. The molecule has 27 heavy (non-hydrogen) atoms. The SMILES string of the molecule is COc1cc(C(=O)NC2C3CCCC2CC(N)C3)ccc1OCC(C)C.Cl. The number of methoxy groups -OCH3 is 1. The molecular formula is C21H33ClN2O3. The maximum absolute atomic E-state index is 12.8. The van der Waals surface area contributed by atoms with Gasteiger partial charge in [-0.15, -0.1) is 12.4 Å². The minimum Gasteiger partial charge on any atom is -0.493 e. The van der Waals surface area contributed by atoms with Crippen molar-refractivity contribution in [1.82, 2.24) is 5.32 Å². The monoisotopic (exact) mass is 396 g/mol. The third kappa shape index (κ3) is 5.29. The summed E-state index contributed by atoms with van der Waals surface area (Å²) in [6.45, 7) is 4.82. The van der Waals surface area contributed by atoms with Gasteiger partial charge in [0.05, 0.1) is 13.7 Å². The Hall–Kier alpha value is -1.46. The molecule has 0 aliphatic heterocycles. The van der Waals surface area contributed by atoms with Crippen LogP contribution in [0.15, 0.2) is 18.2 Å². The number of nitrogens with two attached hydrogens (primary N) is 1. The summed E-state index contributed by atoms with van der Waals surface area (Å²) >= 11 is 0. The van der Waals surface area contributed by atoms with Gasteiger partial charge in [0, 0.05) is 17.6 Å². The van der Waals surface area contributed by atoms with E-state index in [-0.39, 0.29) is 30.4 Å². The third-order valence-corrected chi connectivity index (χ3v) is 5.67. The average molecular weight is 397 g/mol. The van der Waals surface area contributed by atoms with E-state index >= 15 is 0 Å². The van der Waals surface area contributed by atoms with E-state index in [0.717, 1.165) is 12.8 Å². The molecule has 3 rings (SSSR count). The molecule has 0 radical (unpaired) electrons. The molecule has 2 aliphatic carbocycles. The van der Waals surface area contributed by atoms with E-state index in [4.69, 9.17) is 15.2 Å². The van der Waals surface area contributed by atoms with E-state index in [9.17, 15) is 4.79 Å². The van der Waals surface area contributed by atoms with Crippen molar-refractivity contribution in [2.45, 2.75) is 58.0 Å². The fraction of sp³-hybridized carbons (Fsp3) is 0.667. The van der Waals surface area contributed by atoms with Gasteiger partial charge >= 0.3 is 0 Å². The maximum Gasteiger partial charge on any atom is 0.251 e. The van der Waals surface area contributed by atoms with E-state index in [0.29, 0.717) is 41.4 Å². The van der Waals surface area contributed by atoms with Gasteiger partial charge in [0.25, 0.3) is 5.91 Å². The Bertz CT molecular complexity index is 624. The Balaban J connectivity index is 0.00000261. The van der Waals surface area contributed by atoms with E-state index in [1.165, 1.54) is 19.3 Å². The summed E-state index contributed by atoms with van der Waals surface area (Å²) in [6, 6.07) is 5.95. The van der Waals surface area contributed by atoms with E-state index < -0.39 is 0 Å². The van der Waals surface area contributed by atoms with Crippen LogP contribution in [0, 0.1) is 17.8 Å². The molecule has 0 aromatic heterocycles. The first-order valence-corrected chi connectivity index (χ1v) is 9.85. The number of amides is 1. The van der Waals surface area contributed by atoms with Crippen LogP contribution in [0.25, 0.3) is 0 Å². The third-order valence-electron chi connectivity index (χ3n) is 5.67. The van der Waals surface area contributed by atoms with Gasteiger partial charge in [-0.2, -0.15) is 0 Å². The summed E-state index contributed by atoms with van der Waals surface area (Å²) in [5.74, 6) is 2.70. The first-order valence-electron chi connectivity index (χ1n) is 9.85. The van der Waals surface area contributed by atoms with Crippen LogP contribution in [0.4, 0.5) is 0 Å². The highest BCUT2D eigenvalue weighted by Gasteiger charge is 2.40. The van der Waals surface area contributed by atoms with Gasteiger partial charge in [-0.25, -0.2) is 0 Å². The van der Waals surface area contributed by atoms with Gasteiger partial charge in [0.15, 0.2) is 11.5 Å². The highest BCUT2D eigenvalue weighted by molar-refractivity contribution is 5.95. The van der Waals surface area contributed by atoms with Crippen molar-refractivity contribution in [3.05, 3.63) is 23.8 Å². The number of halogens is 1. The molecular weight excluding hydrogens is 364 g/mol. The fourth-order valence-electron chi connectivity index (χ4n) is 4.44. The molecule has 1 aromatic carbocycles. The molecule has 2 unspecified atom stereocenters. The number of hydrogen-bond donors (Lipinski definition) is 2. The quantitative estimate of drug-likeness (QED) is 0.767. The molecule has 0 saturated heterocycles. The second-order valence-electron chi connectivity index (χ2n) is 8.25. The lowest BCUT2D eigenvalue weighted by Crippen LogP contribution is -2.53. The summed E-state index contributed by atoms with van der Waals surface area (Å²) in [6.07, 6.45) is 5.63. The highest BCUT2D eigenvalue weighted by Crippen LogP contribution is 2.40. The lowest BCUT2D eigenvalue weighted by atomic mass is 9.67. The Morgan fingerprint density at radius 3 is 2.48 bits per heavy atom. The van der Waals surface area contributed by atoms with Crippen molar-refractivity contribution in [3.63, 3.8) is 0 Å². The van der Waals surface area contributed by atoms with Crippen LogP contribution in [0.3, 0.4) is 0 Å². The number of ether oxygens (including phenoxy) is 2. The smallest absolute Gasteiger partial charge is 0.251 e. The fourth-order valence-corrected chi connectivity index (χ4v) is 4.44. The zero-order chi connectivity index (χ0) is 18.7. The number of hydrogen-bond acceptors (Lipinski definition) is 4. The summed E-state index contributed by atoms with van der Waals surface area (Å²) < 4.78 is 11.2. The molecule has 0 heterocycles. The van der Waals surface area contributed by atoms with Crippen molar-refractivity contribution in [2.24, 2.45) is 23.5 Å². The van der Waals surface area contributed by atoms with Gasteiger partial charge in [-0.3, -0.25) is 4.79 Å². The standard InChI is InChI=1S/C21H32N2O3.ClH/c1-13(2)12-26-18-8-7-16(11-19(18)25-3)21(24)23-20-14-5-4-6-15(20)10-17(22)9-14;/h7-8,11,13-15,17,20H,4-6,9-10,12,22H2,1-3H3,(H,23,24);1H. The van der Waals surface area contributed by atoms with Gasteiger partial charge in [0.1, 0.15) is 0 Å². The topological polar surface area (TPSA) is 73.6 Å². The van der Waals surface area contributed by atoms with E-state index in [1.807, 2.05) is 12.1 Å². The molecule has 0 spiro atoms. The van der Waals surface area contributed by atoms with E-state index in [2.05, 4.69) is 19.2 Å². The summed E-state index contributed by atoms with van der Waals surface area (Å²) in [7, 11) is 1.60. The molecule has 3 N–H and O–H groups in total. The largest absolute Gasteiger partial charge is 0.493 e. The van der Waals surface area contributed by atoms with Crippen molar-refractivity contribution in [1.29, 1.82) is 0 Å². The summed E-state index contributed by atoms with van der Waals surface area (Å²) in [5.41, 5.74) is 6.81. The number of fused-ring (bicyclic) bond motifs is 2. The lowest BCUT2D eigenvalue weighted by molar-refractivity contribution is 0.0755. The van der Waals surface area contributed by atoms with Crippen molar-refractivity contribution < 1.29 is 14.3 Å². The zero-order valence-corrected chi connectivity index (χ0v) is 17.4. The Labute approximate surface area is 168 Å². The maximum atomic E-state index is 12.8. The Morgan fingerprint density at radius 1 is 1.22 bits per heavy atom. The van der Waals surface area contributed by atoms with Crippen molar-refractivity contribution >= 4 is 18.3 Å². The van der Waals surface area contributed by atoms with Crippen LogP contribution >= 0.6 is 12.4 Å². The zero-order valence-electron chi connectivity index (χ0n) is 16.6. The predicted octanol–water partition coefficient (Wildman–Crippen LogP) is 3.79. The Kier molecular flexibility index (Phi) is 7.80. The van der Waals surface area contributed by atoms with Gasteiger partial charge in [-0.1, -0.05) is 20.3 Å². The highest BCUT2D eigenvalue weighted by atomic mass is 35.5. The molecule has 6 heteroatoms. The predicted molar refractivity (Wildman–Crippen MR) is 110 cm³/mol. The molecule has 2 saturated carbocycles. The van der Waals surface area contributed by atoms with Crippen LogP contribution in [0.1, 0.15) is 56.3 Å². The van der Waals surface area contributed by atoms with Crippen LogP contribution in [0.5, 0.6) is 11.5 Å². The molecule has 2 bridgehead atoms. The molecule has 1 amide bonds.